The first-order valence-electron chi connectivity index (χ1n) is 7.46. The Bertz CT molecular complexity index is 757. The highest BCUT2D eigenvalue weighted by atomic mass is 35.5. The third kappa shape index (κ3) is 3.52. The van der Waals surface area contributed by atoms with Crippen molar-refractivity contribution in [1.82, 2.24) is 10.2 Å². The molecule has 0 radical (unpaired) electrons. The lowest BCUT2D eigenvalue weighted by Gasteiger charge is -2.33. The Morgan fingerprint density at radius 2 is 2.00 bits per heavy atom. The number of nitrogens with zero attached hydrogens (tertiary/aromatic N) is 2. The van der Waals surface area contributed by atoms with Gasteiger partial charge in [0, 0.05) is 13.1 Å². The third-order valence-electron chi connectivity index (χ3n) is 4.24. The first kappa shape index (κ1) is 15.9. The number of piperidine rings is 1. The largest absolute Gasteiger partial charge is 0.369 e. The fourth-order valence-electron chi connectivity index (χ4n) is 2.97. The van der Waals surface area contributed by atoms with Crippen LogP contribution in [0.5, 0.6) is 0 Å². The SMILES string of the molecule is O=c1[nH]ncc(N2CCC(Cc3ccc(F)c(F)c3)CC2)c1Cl. The van der Waals surface area contributed by atoms with Crippen LogP contribution in [0.15, 0.2) is 29.2 Å². The standard InChI is InChI=1S/C16H16ClF2N3O/c17-15-14(9-20-21-16(15)23)22-5-3-10(4-6-22)7-11-1-2-12(18)13(19)8-11/h1-2,8-10H,3-7H2,(H,21,23). The van der Waals surface area contributed by atoms with Crippen molar-refractivity contribution in [3.05, 3.63) is 57.0 Å². The monoisotopic (exact) mass is 339 g/mol. The Labute approximate surface area is 137 Å². The van der Waals surface area contributed by atoms with Crippen molar-refractivity contribution >= 4 is 17.3 Å². The zero-order valence-electron chi connectivity index (χ0n) is 12.4. The second-order valence-electron chi connectivity index (χ2n) is 5.78. The number of anilines is 1. The van der Waals surface area contributed by atoms with Gasteiger partial charge in [-0.15, -0.1) is 0 Å². The molecule has 0 bridgehead atoms. The average Bonchev–Trinajstić information content (AvgIpc) is 2.55. The van der Waals surface area contributed by atoms with Crippen molar-refractivity contribution in [3.63, 3.8) is 0 Å². The summed E-state index contributed by atoms with van der Waals surface area (Å²) in [5, 5.41) is 6.24. The Hall–Kier alpha value is -1.95. The van der Waals surface area contributed by atoms with Gasteiger partial charge in [-0.25, -0.2) is 13.9 Å². The van der Waals surface area contributed by atoms with Crippen molar-refractivity contribution in [2.75, 3.05) is 18.0 Å². The van der Waals surface area contributed by atoms with Gasteiger partial charge in [0.1, 0.15) is 5.02 Å². The maximum Gasteiger partial charge on any atom is 0.285 e. The van der Waals surface area contributed by atoms with E-state index >= 15 is 0 Å². The number of aromatic nitrogens is 2. The molecular weight excluding hydrogens is 324 g/mol. The maximum atomic E-state index is 13.3. The van der Waals surface area contributed by atoms with E-state index in [1.807, 2.05) is 4.90 Å². The first-order chi connectivity index (χ1) is 11.0. The van der Waals surface area contributed by atoms with E-state index in [4.69, 9.17) is 11.6 Å². The molecule has 4 nitrogen and oxygen atoms in total. The molecule has 1 aliphatic rings. The van der Waals surface area contributed by atoms with Gasteiger partial charge in [-0.3, -0.25) is 4.79 Å². The fourth-order valence-corrected chi connectivity index (χ4v) is 3.18. The van der Waals surface area contributed by atoms with E-state index in [0.717, 1.165) is 31.5 Å². The van der Waals surface area contributed by atoms with E-state index in [9.17, 15) is 13.6 Å². The topological polar surface area (TPSA) is 49.0 Å². The van der Waals surface area contributed by atoms with Gasteiger partial charge in [0.2, 0.25) is 0 Å². The fraction of sp³-hybridized carbons (Fsp3) is 0.375. The van der Waals surface area contributed by atoms with E-state index in [1.54, 1.807) is 12.3 Å². The molecule has 1 saturated heterocycles. The van der Waals surface area contributed by atoms with Crippen molar-refractivity contribution in [1.29, 1.82) is 0 Å². The molecule has 0 atom stereocenters. The van der Waals surface area contributed by atoms with E-state index in [-0.39, 0.29) is 5.02 Å². The minimum absolute atomic E-state index is 0.152. The van der Waals surface area contributed by atoms with Crippen molar-refractivity contribution in [2.45, 2.75) is 19.3 Å². The van der Waals surface area contributed by atoms with Gasteiger partial charge < -0.3 is 4.90 Å². The van der Waals surface area contributed by atoms with Gasteiger partial charge in [-0.2, -0.15) is 5.10 Å². The lowest BCUT2D eigenvalue weighted by Crippen LogP contribution is -2.35. The number of nitrogens with one attached hydrogen (secondary N) is 1. The molecule has 0 amide bonds. The van der Waals surface area contributed by atoms with Crippen LogP contribution in [0, 0.1) is 17.6 Å². The summed E-state index contributed by atoms with van der Waals surface area (Å²) in [6.07, 6.45) is 4.05. The van der Waals surface area contributed by atoms with Crippen LogP contribution in [0.2, 0.25) is 5.02 Å². The molecule has 0 unspecified atom stereocenters. The number of aromatic amines is 1. The van der Waals surface area contributed by atoms with Crippen LogP contribution < -0.4 is 10.5 Å². The molecule has 1 N–H and O–H groups in total. The maximum absolute atomic E-state index is 13.3. The smallest absolute Gasteiger partial charge is 0.285 e. The predicted molar refractivity (Wildman–Crippen MR) is 84.9 cm³/mol. The zero-order chi connectivity index (χ0) is 16.4. The van der Waals surface area contributed by atoms with Gasteiger partial charge in [-0.1, -0.05) is 17.7 Å². The van der Waals surface area contributed by atoms with Crippen LogP contribution in [0.4, 0.5) is 14.5 Å². The molecule has 0 saturated carbocycles. The normalized spacial score (nSPS) is 15.9. The van der Waals surface area contributed by atoms with Crippen molar-refractivity contribution in [2.24, 2.45) is 5.92 Å². The van der Waals surface area contributed by atoms with Crippen LogP contribution in [-0.4, -0.2) is 23.3 Å². The summed E-state index contributed by atoms with van der Waals surface area (Å²) >= 11 is 6.02. The Kier molecular flexibility index (Phi) is 4.61. The van der Waals surface area contributed by atoms with Crippen molar-refractivity contribution in [3.8, 4) is 0 Å². The molecule has 1 fully saturated rings. The van der Waals surface area contributed by atoms with Gasteiger partial charge in [-0.05, 0) is 42.9 Å². The second-order valence-corrected chi connectivity index (χ2v) is 6.16. The summed E-state index contributed by atoms with van der Waals surface area (Å²) in [5.74, 6) is -1.23. The van der Waals surface area contributed by atoms with Gasteiger partial charge in [0.25, 0.3) is 5.56 Å². The van der Waals surface area contributed by atoms with Crippen molar-refractivity contribution < 1.29 is 8.78 Å². The van der Waals surface area contributed by atoms with E-state index in [2.05, 4.69) is 10.2 Å². The van der Waals surface area contributed by atoms with E-state index in [0.29, 0.717) is 18.0 Å². The summed E-state index contributed by atoms with van der Waals surface area (Å²) in [5.41, 5.74) is 1.05. The molecule has 23 heavy (non-hydrogen) atoms. The molecular formula is C16H16ClF2N3O. The predicted octanol–water partition coefficient (Wildman–Crippen LogP) is 3.16. The summed E-state index contributed by atoms with van der Waals surface area (Å²) in [6.45, 7) is 1.50. The molecule has 0 spiro atoms. The molecule has 1 aliphatic heterocycles. The van der Waals surface area contributed by atoms with E-state index < -0.39 is 17.2 Å². The lowest BCUT2D eigenvalue weighted by atomic mass is 9.90. The Morgan fingerprint density at radius 1 is 1.26 bits per heavy atom. The highest BCUT2D eigenvalue weighted by molar-refractivity contribution is 6.32. The third-order valence-corrected chi connectivity index (χ3v) is 4.61. The number of halogens is 3. The number of hydrogen-bond donors (Lipinski definition) is 1. The number of hydrogen-bond acceptors (Lipinski definition) is 3. The highest BCUT2D eigenvalue weighted by Gasteiger charge is 2.22. The molecule has 2 aromatic rings. The number of benzene rings is 1. The summed E-state index contributed by atoms with van der Waals surface area (Å²) in [4.78, 5) is 13.5. The molecule has 122 valence electrons. The van der Waals surface area contributed by atoms with E-state index in [1.165, 1.54) is 12.1 Å². The number of H-pyrrole nitrogens is 1. The molecule has 0 aliphatic carbocycles. The van der Waals surface area contributed by atoms with Crippen LogP contribution in [0.1, 0.15) is 18.4 Å². The lowest BCUT2D eigenvalue weighted by molar-refractivity contribution is 0.402. The second kappa shape index (κ2) is 6.66. The summed E-state index contributed by atoms with van der Waals surface area (Å²) in [7, 11) is 0. The highest BCUT2D eigenvalue weighted by Crippen LogP contribution is 2.28. The van der Waals surface area contributed by atoms with Gasteiger partial charge in [0.15, 0.2) is 11.6 Å². The molecule has 2 heterocycles. The minimum atomic E-state index is -0.819. The Balaban J connectivity index is 1.63. The summed E-state index contributed by atoms with van der Waals surface area (Å²) < 4.78 is 26.2. The quantitative estimate of drug-likeness (QED) is 0.934. The van der Waals surface area contributed by atoms with Crippen LogP contribution >= 0.6 is 11.6 Å². The Morgan fingerprint density at radius 3 is 2.70 bits per heavy atom. The first-order valence-corrected chi connectivity index (χ1v) is 7.84. The van der Waals surface area contributed by atoms with Crippen LogP contribution in [0.3, 0.4) is 0 Å². The molecule has 1 aromatic carbocycles. The molecule has 7 heteroatoms. The number of rotatable bonds is 3. The molecule has 1 aromatic heterocycles. The minimum Gasteiger partial charge on any atom is -0.369 e. The molecule has 3 rings (SSSR count). The van der Waals surface area contributed by atoms with Gasteiger partial charge in [0.05, 0.1) is 11.9 Å². The van der Waals surface area contributed by atoms with Crippen LogP contribution in [-0.2, 0) is 6.42 Å². The summed E-state index contributed by atoms with van der Waals surface area (Å²) in [6, 6.07) is 4.06. The van der Waals surface area contributed by atoms with Crippen LogP contribution in [0.25, 0.3) is 0 Å². The van der Waals surface area contributed by atoms with Gasteiger partial charge >= 0.3 is 0 Å². The zero-order valence-corrected chi connectivity index (χ0v) is 13.1. The average molecular weight is 340 g/mol.